The Balaban J connectivity index is 1.62. The summed E-state index contributed by atoms with van der Waals surface area (Å²) in [7, 11) is 0. The van der Waals surface area contributed by atoms with Crippen LogP contribution in [0.4, 0.5) is 5.13 Å². The Labute approximate surface area is 179 Å². The van der Waals surface area contributed by atoms with Crippen LogP contribution in [0.3, 0.4) is 0 Å². The summed E-state index contributed by atoms with van der Waals surface area (Å²) in [5.41, 5.74) is 1.47. The van der Waals surface area contributed by atoms with Crippen molar-refractivity contribution >= 4 is 60.1 Å². The van der Waals surface area contributed by atoms with Crippen molar-refractivity contribution in [3.8, 4) is 0 Å². The standard InChI is InChI=1S/C20H16BrClN4OS/c21-15-4-2-14(3-5-15)19(27)26(10-1-9-25-11-8-23-13-25)20-24-17-7-6-16(22)12-18(17)28-20/h2-8,11-13H,1,9-10H2. The number of imidazole rings is 1. The van der Waals surface area contributed by atoms with Gasteiger partial charge in [-0.3, -0.25) is 9.69 Å². The molecule has 2 heterocycles. The quantitative estimate of drug-likeness (QED) is 0.362. The maximum atomic E-state index is 13.2. The van der Waals surface area contributed by atoms with Crippen molar-refractivity contribution < 1.29 is 4.79 Å². The molecule has 28 heavy (non-hydrogen) atoms. The Hall–Kier alpha value is -2.22. The first-order valence-corrected chi connectivity index (χ1v) is 10.7. The van der Waals surface area contributed by atoms with Crippen molar-refractivity contribution in [2.75, 3.05) is 11.4 Å². The van der Waals surface area contributed by atoms with Gasteiger partial charge >= 0.3 is 0 Å². The van der Waals surface area contributed by atoms with Gasteiger partial charge in [0, 0.05) is 40.5 Å². The van der Waals surface area contributed by atoms with Crippen LogP contribution in [0.1, 0.15) is 16.8 Å². The lowest BCUT2D eigenvalue weighted by atomic mass is 10.2. The number of hydrogen-bond donors (Lipinski definition) is 0. The zero-order valence-electron chi connectivity index (χ0n) is 14.8. The SMILES string of the molecule is O=C(c1ccc(Br)cc1)N(CCCn1ccnc1)c1nc2ccc(Cl)cc2s1. The molecule has 4 aromatic rings. The molecule has 0 aliphatic heterocycles. The molecule has 142 valence electrons. The number of thiazole rings is 1. The molecule has 0 bridgehead atoms. The first kappa shape index (κ1) is 19.1. The molecule has 2 aromatic heterocycles. The number of amides is 1. The fourth-order valence-electron chi connectivity index (χ4n) is 2.86. The average Bonchev–Trinajstić information content (AvgIpc) is 3.34. The van der Waals surface area contributed by atoms with Crippen molar-refractivity contribution in [1.82, 2.24) is 14.5 Å². The van der Waals surface area contributed by atoms with E-state index < -0.39 is 0 Å². The summed E-state index contributed by atoms with van der Waals surface area (Å²) in [4.78, 5) is 23.7. The third-order valence-corrected chi connectivity index (χ3v) is 6.07. The number of nitrogens with zero attached hydrogens (tertiary/aromatic N) is 4. The summed E-state index contributed by atoms with van der Waals surface area (Å²) in [6, 6.07) is 13.0. The zero-order chi connectivity index (χ0) is 19.5. The van der Waals surface area contributed by atoms with Gasteiger partial charge in [-0.1, -0.05) is 38.9 Å². The van der Waals surface area contributed by atoms with E-state index in [0.29, 0.717) is 22.3 Å². The lowest BCUT2D eigenvalue weighted by Gasteiger charge is -2.20. The molecule has 0 saturated heterocycles. The molecule has 1 amide bonds. The van der Waals surface area contributed by atoms with E-state index in [9.17, 15) is 4.79 Å². The Morgan fingerprint density at radius 2 is 2.04 bits per heavy atom. The number of rotatable bonds is 6. The minimum Gasteiger partial charge on any atom is -0.337 e. The minimum absolute atomic E-state index is 0.0664. The van der Waals surface area contributed by atoms with Gasteiger partial charge in [0.05, 0.1) is 16.5 Å². The number of aryl methyl sites for hydroxylation is 1. The molecule has 4 rings (SSSR count). The van der Waals surface area contributed by atoms with E-state index in [1.54, 1.807) is 17.4 Å². The predicted octanol–water partition coefficient (Wildman–Crippen LogP) is 5.65. The largest absolute Gasteiger partial charge is 0.337 e. The van der Waals surface area contributed by atoms with E-state index in [1.165, 1.54) is 11.3 Å². The number of benzene rings is 2. The summed E-state index contributed by atoms with van der Waals surface area (Å²) >= 11 is 11.0. The van der Waals surface area contributed by atoms with Crippen LogP contribution in [0.25, 0.3) is 10.2 Å². The lowest BCUT2D eigenvalue weighted by molar-refractivity contribution is 0.0986. The van der Waals surface area contributed by atoms with Gasteiger partial charge < -0.3 is 4.57 Å². The second kappa shape index (κ2) is 8.43. The van der Waals surface area contributed by atoms with Crippen LogP contribution in [-0.4, -0.2) is 27.0 Å². The highest BCUT2D eigenvalue weighted by Crippen LogP contribution is 2.31. The molecule has 0 unspecified atom stereocenters. The van der Waals surface area contributed by atoms with Gasteiger partial charge in [0.1, 0.15) is 0 Å². The molecule has 2 aromatic carbocycles. The summed E-state index contributed by atoms with van der Waals surface area (Å²) in [5.74, 6) is -0.0664. The first-order chi connectivity index (χ1) is 13.6. The van der Waals surface area contributed by atoms with Crippen molar-refractivity contribution in [1.29, 1.82) is 0 Å². The minimum atomic E-state index is -0.0664. The molecule has 0 N–H and O–H groups in total. The molecular formula is C20H16BrClN4OS. The van der Waals surface area contributed by atoms with E-state index in [4.69, 9.17) is 11.6 Å². The van der Waals surface area contributed by atoms with Crippen molar-refractivity contribution in [2.45, 2.75) is 13.0 Å². The third kappa shape index (κ3) is 4.27. The maximum Gasteiger partial charge on any atom is 0.260 e. The number of hydrogen-bond acceptors (Lipinski definition) is 4. The van der Waals surface area contributed by atoms with E-state index in [-0.39, 0.29) is 5.91 Å². The van der Waals surface area contributed by atoms with Gasteiger partial charge in [0.15, 0.2) is 5.13 Å². The van der Waals surface area contributed by atoms with Gasteiger partial charge in [0.25, 0.3) is 5.91 Å². The molecular weight excluding hydrogens is 460 g/mol. The monoisotopic (exact) mass is 474 g/mol. The molecule has 5 nitrogen and oxygen atoms in total. The van der Waals surface area contributed by atoms with E-state index in [2.05, 4.69) is 25.9 Å². The number of halogens is 2. The van der Waals surface area contributed by atoms with Gasteiger partial charge in [-0.15, -0.1) is 0 Å². The fraction of sp³-hybridized carbons (Fsp3) is 0.150. The van der Waals surface area contributed by atoms with Gasteiger partial charge in [-0.2, -0.15) is 0 Å². The summed E-state index contributed by atoms with van der Waals surface area (Å²) in [5, 5.41) is 1.34. The maximum absolute atomic E-state index is 13.2. The Bertz CT molecular complexity index is 1100. The Kier molecular flexibility index (Phi) is 5.75. The topological polar surface area (TPSA) is 51.0 Å². The number of carbonyl (C=O) groups is 1. The molecule has 0 saturated carbocycles. The van der Waals surface area contributed by atoms with Crippen LogP contribution in [0.2, 0.25) is 5.02 Å². The molecule has 0 atom stereocenters. The summed E-state index contributed by atoms with van der Waals surface area (Å²) in [6.45, 7) is 1.33. The zero-order valence-corrected chi connectivity index (χ0v) is 17.9. The Morgan fingerprint density at radius 3 is 2.79 bits per heavy atom. The molecule has 0 fully saturated rings. The van der Waals surface area contributed by atoms with Crippen LogP contribution in [-0.2, 0) is 6.54 Å². The number of aromatic nitrogens is 3. The predicted molar refractivity (Wildman–Crippen MR) is 117 cm³/mol. The summed E-state index contributed by atoms with van der Waals surface area (Å²) in [6.07, 6.45) is 6.23. The van der Waals surface area contributed by atoms with Crippen LogP contribution < -0.4 is 4.90 Å². The van der Waals surface area contributed by atoms with Gasteiger partial charge in [0.2, 0.25) is 0 Å². The van der Waals surface area contributed by atoms with Gasteiger partial charge in [-0.25, -0.2) is 9.97 Å². The second-order valence-corrected chi connectivity index (χ2v) is 8.59. The van der Waals surface area contributed by atoms with Crippen molar-refractivity contribution in [3.63, 3.8) is 0 Å². The number of fused-ring (bicyclic) bond motifs is 1. The van der Waals surface area contributed by atoms with E-state index in [1.807, 2.05) is 53.2 Å². The molecule has 0 radical (unpaired) electrons. The summed E-state index contributed by atoms with van der Waals surface area (Å²) < 4.78 is 3.90. The highest BCUT2D eigenvalue weighted by atomic mass is 79.9. The van der Waals surface area contributed by atoms with Crippen molar-refractivity contribution in [3.05, 3.63) is 76.2 Å². The normalized spacial score (nSPS) is 11.1. The smallest absolute Gasteiger partial charge is 0.260 e. The van der Waals surface area contributed by atoms with Gasteiger partial charge in [-0.05, 0) is 48.9 Å². The average molecular weight is 476 g/mol. The van der Waals surface area contributed by atoms with E-state index in [0.717, 1.165) is 27.7 Å². The third-order valence-electron chi connectivity index (χ3n) is 4.26. The van der Waals surface area contributed by atoms with Crippen LogP contribution in [0, 0.1) is 0 Å². The first-order valence-electron chi connectivity index (χ1n) is 8.69. The molecule has 8 heteroatoms. The molecule has 0 aliphatic rings. The second-order valence-electron chi connectivity index (χ2n) is 6.23. The Morgan fingerprint density at radius 1 is 1.21 bits per heavy atom. The van der Waals surface area contributed by atoms with Crippen molar-refractivity contribution in [2.24, 2.45) is 0 Å². The van der Waals surface area contributed by atoms with Crippen LogP contribution in [0.5, 0.6) is 0 Å². The van der Waals surface area contributed by atoms with Crippen LogP contribution >= 0.6 is 38.9 Å². The number of anilines is 1. The lowest BCUT2D eigenvalue weighted by Crippen LogP contribution is -2.32. The van der Waals surface area contributed by atoms with E-state index >= 15 is 0 Å². The molecule has 0 spiro atoms. The fourth-order valence-corrected chi connectivity index (χ4v) is 4.39. The molecule has 0 aliphatic carbocycles. The highest BCUT2D eigenvalue weighted by molar-refractivity contribution is 9.10. The highest BCUT2D eigenvalue weighted by Gasteiger charge is 2.21. The van der Waals surface area contributed by atoms with Crippen LogP contribution in [0.15, 0.2) is 65.7 Å². The number of carbonyl (C=O) groups excluding carboxylic acids is 1.